The maximum Gasteiger partial charge on any atom is 0.250 e. The summed E-state index contributed by atoms with van der Waals surface area (Å²) in [5, 5.41) is 0. The normalized spacial score (nSPS) is 16.5. The molecule has 4 N–H and O–H groups in total. The van der Waals surface area contributed by atoms with Crippen LogP contribution in [0.25, 0.3) is 0 Å². The van der Waals surface area contributed by atoms with Crippen molar-refractivity contribution in [3.63, 3.8) is 0 Å². The predicted molar refractivity (Wildman–Crippen MR) is 71.6 cm³/mol. The molecule has 0 aromatic heterocycles. The van der Waals surface area contributed by atoms with E-state index in [2.05, 4.69) is 4.90 Å². The molecule has 1 heterocycles. The van der Waals surface area contributed by atoms with E-state index >= 15 is 0 Å². The van der Waals surface area contributed by atoms with Crippen LogP contribution in [-0.2, 0) is 4.74 Å². The number of rotatable bonds is 3. The molecule has 1 aromatic carbocycles. The van der Waals surface area contributed by atoms with Crippen molar-refractivity contribution in [3.8, 4) is 0 Å². The first-order chi connectivity index (χ1) is 8.59. The second kappa shape index (κ2) is 5.27. The zero-order chi connectivity index (χ0) is 13.1. The first-order valence-corrected chi connectivity index (χ1v) is 6.09. The lowest BCUT2D eigenvalue weighted by molar-refractivity contribution is 0.0854. The predicted octanol–water partition coefficient (Wildman–Crippen LogP) is 0.983. The van der Waals surface area contributed by atoms with E-state index in [4.69, 9.17) is 16.2 Å². The second-order valence-electron chi connectivity index (χ2n) is 4.59. The zero-order valence-electron chi connectivity index (χ0n) is 10.6. The van der Waals surface area contributed by atoms with Gasteiger partial charge in [0.1, 0.15) is 0 Å². The quantitative estimate of drug-likeness (QED) is 0.782. The maximum atomic E-state index is 11.3. The highest BCUT2D eigenvalue weighted by Crippen LogP contribution is 2.24. The van der Waals surface area contributed by atoms with Crippen LogP contribution >= 0.6 is 0 Å². The van der Waals surface area contributed by atoms with Crippen molar-refractivity contribution in [2.45, 2.75) is 18.9 Å². The highest BCUT2D eigenvalue weighted by atomic mass is 16.5. The van der Waals surface area contributed by atoms with Crippen LogP contribution in [0.4, 0.5) is 11.4 Å². The molecule has 0 bridgehead atoms. The van der Waals surface area contributed by atoms with Crippen LogP contribution in [0.5, 0.6) is 0 Å². The molecule has 0 atom stereocenters. The fraction of sp³-hybridized carbons (Fsp3) is 0.462. The Hall–Kier alpha value is -1.75. The largest absolute Gasteiger partial charge is 0.398 e. The van der Waals surface area contributed by atoms with Crippen LogP contribution in [0.1, 0.15) is 23.2 Å². The highest BCUT2D eigenvalue weighted by molar-refractivity contribution is 5.99. The Balaban J connectivity index is 2.21. The first kappa shape index (κ1) is 12.7. The summed E-state index contributed by atoms with van der Waals surface area (Å²) in [5.74, 6) is -0.491. The van der Waals surface area contributed by atoms with Crippen molar-refractivity contribution in [2.24, 2.45) is 5.73 Å². The summed E-state index contributed by atoms with van der Waals surface area (Å²) in [4.78, 5) is 13.4. The third kappa shape index (κ3) is 2.56. The smallest absolute Gasteiger partial charge is 0.250 e. The van der Waals surface area contributed by atoms with Crippen LogP contribution in [0.15, 0.2) is 18.2 Å². The van der Waals surface area contributed by atoms with Gasteiger partial charge in [0.2, 0.25) is 0 Å². The number of hydrogen-bond acceptors (Lipinski definition) is 4. The highest BCUT2D eigenvalue weighted by Gasteiger charge is 2.19. The van der Waals surface area contributed by atoms with Gasteiger partial charge in [-0.15, -0.1) is 0 Å². The van der Waals surface area contributed by atoms with Gasteiger partial charge in [0, 0.05) is 37.7 Å². The summed E-state index contributed by atoms with van der Waals surface area (Å²) in [5.41, 5.74) is 12.8. The Kier molecular flexibility index (Phi) is 3.72. The Morgan fingerprint density at radius 1 is 1.39 bits per heavy atom. The maximum absolute atomic E-state index is 11.3. The molecule has 0 aliphatic carbocycles. The number of ether oxygens (including phenoxy) is 1. The fourth-order valence-electron chi connectivity index (χ4n) is 2.26. The molecule has 0 radical (unpaired) electrons. The molecule has 5 heteroatoms. The van der Waals surface area contributed by atoms with Gasteiger partial charge in [-0.3, -0.25) is 4.79 Å². The number of nitrogens with zero attached hydrogens (tertiary/aromatic N) is 1. The number of carbonyl (C=O) groups excluding carboxylic acids is 1. The van der Waals surface area contributed by atoms with Crippen LogP contribution in [0.3, 0.4) is 0 Å². The minimum Gasteiger partial charge on any atom is -0.398 e. The third-order valence-corrected chi connectivity index (χ3v) is 3.45. The molecule has 1 saturated heterocycles. The molecule has 5 nitrogen and oxygen atoms in total. The number of benzene rings is 1. The van der Waals surface area contributed by atoms with E-state index < -0.39 is 5.91 Å². The monoisotopic (exact) mass is 249 g/mol. The van der Waals surface area contributed by atoms with Gasteiger partial charge in [-0.2, -0.15) is 0 Å². The van der Waals surface area contributed by atoms with Gasteiger partial charge in [0.15, 0.2) is 0 Å². The van der Waals surface area contributed by atoms with Crippen molar-refractivity contribution >= 4 is 17.3 Å². The van der Waals surface area contributed by atoms with E-state index in [1.54, 1.807) is 12.1 Å². The zero-order valence-corrected chi connectivity index (χ0v) is 10.6. The molecule has 0 spiro atoms. The molecule has 98 valence electrons. The molecule has 0 unspecified atom stereocenters. The Morgan fingerprint density at radius 3 is 2.67 bits per heavy atom. The summed E-state index contributed by atoms with van der Waals surface area (Å²) in [6.45, 7) is 1.57. The number of nitrogen functional groups attached to an aromatic ring is 1. The molecule has 2 rings (SSSR count). The van der Waals surface area contributed by atoms with Gasteiger partial charge in [-0.1, -0.05) is 0 Å². The van der Waals surface area contributed by atoms with Crippen molar-refractivity contribution in [1.29, 1.82) is 0 Å². The van der Waals surface area contributed by atoms with Gasteiger partial charge >= 0.3 is 0 Å². The molecule has 0 saturated carbocycles. The van der Waals surface area contributed by atoms with Crippen LogP contribution in [0, 0.1) is 0 Å². The number of anilines is 2. The minimum absolute atomic E-state index is 0.381. The average Bonchev–Trinajstić information content (AvgIpc) is 2.39. The summed E-state index contributed by atoms with van der Waals surface area (Å²) < 4.78 is 5.35. The van der Waals surface area contributed by atoms with Gasteiger partial charge in [-0.25, -0.2) is 0 Å². The number of nitrogens with two attached hydrogens (primary N) is 2. The lowest BCUT2D eigenvalue weighted by Gasteiger charge is -2.33. The van der Waals surface area contributed by atoms with E-state index in [9.17, 15) is 4.79 Å². The van der Waals surface area contributed by atoms with Crippen LogP contribution < -0.4 is 16.4 Å². The van der Waals surface area contributed by atoms with E-state index in [0.717, 1.165) is 31.7 Å². The Bertz CT molecular complexity index is 442. The van der Waals surface area contributed by atoms with Crippen LogP contribution in [-0.4, -0.2) is 32.2 Å². The third-order valence-electron chi connectivity index (χ3n) is 3.45. The lowest BCUT2D eigenvalue weighted by atomic mass is 10.1. The van der Waals surface area contributed by atoms with E-state index in [1.165, 1.54) is 0 Å². The standard InChI is InChI=1S/C13H19N3O2/c1-16(9-4-6-18-7-5-9)10-2-3-12(14)11(8-10)13(15)17/h2-3,8-9H,4-7,14H2,1H3,(H2,15,17). The topological polar surface area (TPSA) is 81.6 Å². The molecule has 1 fully saturated rings. The van der Waals surface area contributed by atoms with Gasteiger partial charge in [-0.05, 0) is 31.0 Å². The van der Waals surface area contributed by atoms with Crippen molar-refractivity contribution in [3.05, 3.63) is 23.8 Å². The van der Waals surface area contributed by atoms with Crippen molar-refractivity contribution < 1.29 is 9.53 Å². The minimum atomic E-state index is -0.491. The molecule has 1 aliphatic rings. The van der Waals surface area contributed by atoms with Gasteiger partial charge in [0.25, 0.3) is 5.91 Å². The molecule has 1 amide bonds. The van der Waals surface area contributed by atoms with Gasteiger partial charge < -0.3 is 21.1 Å². The molecule has 18 heavy (non-hydrogen) atoms. The van der Waals surface area contributed by atoms with Crippen molar-refractivity contribution in [2.75, 3.05) is 30.9 Å². The first-order valence-electron chi connectivity index (χ1n) is 6.09. The summed E-state index contributed by atoms with van der Waals surface area (Å²) in [6.07, 6.45) is 1.99. The second-order valence-corrected chi connectivity index (χ2v) is 4.59. The number of amides is 1. The van der Waals surface area contributed by atoms with Crippen LogP contribution in [0.2, 0.25) is 0 Å². The average molecular weight is 249 g/mol. The number of hydrogen-bond donors (Lipinski definition) is 2. The SMILES string of the molecule is CN(c1ccc(N)c(C(N)=O)c1)C1CCOCC1. The lowest BCUT2D eigenvalue weighted by Crippen LogP contribution is -2.36. The summed E-state index contributed by atoms with van der Waals surface area (Å²) >= 11 is 0. The number of carbonyl (C=O) groups is 1. The van der Waals surface area contributed by atoms with E-state index in [0.29, 0.717) is 17.3 Å². The van der Waals surface area contributed by atoms with Gasteiger partial charge in [0.05, 0.1) is 5.56 Å². The molecular formula is C13H19N3O2. The Morgan fingerprint density at radius 2 is 2.06 bits per heavy atom. The summed E-state index contributed by atoms with van der Waals surface area (Å²) in [6, 6.07) is 5.83. The van der Waals surface area contributed by atoms with E-state index in [-0.39, 0.29) is 0 Å². The van der Waals surface area contributed by atoms with E-state index in [1.807, 2.05) is 13.1 Å². The fourth-order valence-corrected chi connectivity index (χ4v) is 2.26. The molecule has 1 aliphatic heterocycles. The molecular weight excluding hydrogens is 230 g/mol. The number of primary amides is 1. The Labute approximate surface area is 107 Å². The van der Waals surface area contributed by atoms with Crippen molar-refractivity contribution in [1.82, 2.24) is 0 Å². The molecule has 1 aromatic rings. The summed E-state index contributed by atoms with van der Waals surface area (Å²) in [7, 11) is 2.02.